The van der Waals surface area contributed by atoms with E-state index in [2.05, 4.69) is 16.7 Å². The summed E-state index contributed by atoms with van der Waals surface area (Å²) < 4.78 is 0. The van der Waals surface area contributed by atoms with Gasteiger partial charge in [0, 0.05) is 27.0 Å². The molecule has 29 heavy (non-hydrogen) atoms. The van der Waals surface area contributed by atoms with Gasteiger partial charge in [-0.3, -0.25) is 4.79 Å². The number of carbonyl (C=O) groups excluding carboxylic acids is 1. The minimum atomic E-state index is -0.559. The van der Waals surface area contributed by atoms with Gasteiger partial charge in [-0.15, -0.1) is 11.8 Å². The number of allylic oxidation sites excluding steroid dienone is 2. The molecule has 0 saturated carbocycles. The van der Waals surface area contributed by atoms with Gasteiger partial charge in [0.2, 0.25) is 0 Å². The molecule has 4 nitrogen and oxygen atoms in total. The average Bonchev–Trinajstić information content (AvgIpc) is 2.70. The molecule has 0 aromatic heterocycles. The summed E-state index contributed by atoms with van der Waals surface area (Å²) in [6, 6.07) is 16.5. The van der Waals surface area contributed by atoms with Crippen LogP contribution in [-0.4, -0.2) is 11.7 Å². The Morgan fingerprint density at radius 3 is 2.52 bits per heavy atom. The molecule has 1 aliphatic heterocycles. The molecule has 0 saturated heterocycles. The Labute approximate surface area is 184 Å². The number of nitrogens with zero attached hydrogens (tertiary/aromatic N) is 1. The van der Waals surface area contributed by atoms with Crippen molar-refractivity contribution in [3.05, 3.63) is 86.0 Å². The van der Waals surface area contributed by atoms with Crippen LogP contribution in [0.4, 0.5) is 5.69 Å². The topological polar surface area (TPSA) is 64.9 Å². The number of carbonyl (C=O) groups is 1. The van der Waals surface area contributed by atoms with Crippen LogP contribution in [-0.2, 0) is 4.79 Å². The van der Waals surface area contributed by atoms with E-state index < -0.39 is 5.92 Å². The third-order valence-electron chi connectivity index (χ3n) is 4.50. The van der Waals surface area contributed by atoms with E-state index in [-0.39, 0.29) is 5.91 Å². The largest absolute Gasteiger partial charge is 0.353 e. The minimum absolute atomic E-state index is 0.296. The van der Waals surface area contributed by atoms with Crippen molar-refractivity contribution in [3.8, 4) is 6.07 Å². The van der Waals surface area contributed by atoms with Crippen molar-refractivity contribution in [2.45, 2.75) is 19.8 Å². The van der Waals surface area contributed by atoms with E-state index in [1.807, 2.05) is 32.0 Å². The van der Waals surface area contributed by atoms with E-state index in [1.54, 1.807) is 30.3 Å². The zero-order valence-electron chi connectivity index (χ0n) is 15.9. The van der Waals surface area contributed by atoms with Crippen LogP contribution in [0.2, 0.25) is 10.0 Å². The van der Waals surface area contributed by atoms with Crippen LogP contribution < -0.4 is 10.6 Å². The fraction of sp³-hybridized carbons (Fsp3) is 0.182. The maximum Gasteiger partial charge on any atom is 0.254 e. The Balaban J connectivity index is 2.08. The SMILES string of the molecule is CCSC1=C(C#N)C(c2ccccc2Cl)C(C(=O)Nc2ccc(Cl)cc2)=C(C)N1. The molecule has 1 heterocycles. The van der Waals surface area contributed by atoms with Crippen molar-refractivity contribution in [2.24, 2.45) is 0 Å². The predicted molar refractivity (Wildman–Crippen MR) is 121 cm³/mol. The highest BCUT2D eigenvalue weighted by molar-refractivity contribution is 8.03. The predicted octanol–water partition coefficient (Wildman–Crippen LogP) is 6.08. The molecular weight excluding hydrogens is 425 g/mol. The first-order chi connectivity index (χ1) is 14.0. The first-order valence-corrected chi connectivity index (χ1v) is 10.8. The lowest BCUT2D eigenvalue weighted by atomic mass is 9.82. The molecule has 148 valence electrons. The van der Waals surface area contributed by atoms with Gasteiger partial charge in [0.25, 0.3) is 5.91 Å². The van der Waals surface area contributed by atoms with Crippen LogP contribution in [0.5, 0.6) is 0 Å². The smallest absolute Gasteiger partial charge is 0.254 e. The summed E-state index contributed by atoms with van der Waals surface area (Å²) in [5, 5.41) is 17.9. The van der Waals surface area contributed by atoms with Crippen molar-refractivity contribution in [1.82, 2.24) is 5.32 Å². The second kappa shape index (κ2) is 9.41. The Kier molecular flexibility index (Phi) is 6.92. The number of hydrogen-bond acceptors (Lipinski definition) is 4. The third kappa shape index (κ3) is 4.62. The Morgan fingerprint density at radius 1 is 1.21 bits per heavy atom. The monoisotopic (exact) mass is 443 g/mol. The van der Waals surface area contributed by atoms with Crippen LogP contribution in [0, 0.1) is 11.3 Å². The van der Waals surface area contributed by atoms with Gasteiger partial charge in [-0.25, -0.2) is 0 Å². The first kappa shape index (κ1) is 21.3. The van der Waals surface area contributed by atoms with Crippen molar-refractivity contribution < 1.29 is 4.79 Å². The highest BCUT2D eigenvalue weighted by Crippen LogP contribution is 2.43. The van der Waals surface area contributed by atoms with Crippen molar-refractivity contribution in [1.29, 1.82) is 5.26 Å². The first-order valence-electron chi connectivity index (χ1n) is 9.02. The number of dihydropyridines is 1. The van der Waals surface area contributed by atoms with Crippen LogP contribution in [0.1, 0.15) is 25.3 Å². The van der Waals surface area contributed by atoms with Gasteiger partial charge in [-0.2, -0.15) is 5.26 Å². The number of nitrogens with one attached hydrogen (secondary N) is 2. The number of amides is 1. The molecule has 2 aromatic carbocycles. The molecule has 0 radical (unpaired) electrons. The second-order valence-electron chi connectivity index (χ2n) is 6.37. The van der Waals surface area contributed by atoms with Gasteiger partial charge in [0.15, 0.2) is 0 Å². The van der Waals surface area contributed by atoms with Gasteiger partial charge in [0.1, 0.15) is 0 Å². The van der Waals surface area contributed by atoms with Crippen molar-refractivity contribution >= 4 is 46.6 Å². The Hall–Kier alpha value is -2.39. The highest BCUT2D eigenvalue weighted by Gasteiger charge is 2.35. The number of anilines is 1. The molecule has 1 amide bonds. The molecule has 2 N–H and O–H groups in total. The highest BCUT2D eigenvalue weighted by atomic mass is 35.5. The van der Waals surface area contributed by atoms with Crippen LogP contribution >= 0.6 is 35.0 Å². The van der Waals surface area contributed by atoms with Crippen molar-refractivity contribution in [2.75, 3.05) is 11.1 Å². The molecule has 2 aromatic rings. The molecule has 0 aliphatic carbocycles. The molecule has 1 unspecified atom stereocenters. The number of rotatable bonds is 5. The maximum atomic E-state index is 13.3. The Morgan fingerprint density at radius 2 is 1.90 bits per heavy atom. The summed E-state index contributed by atoms with van der Waals surface area (Å²) in [6.45, 7) is 3.85. The molecule has 0 spiro atoms. The summed E-state index contributed by atoms with van der Waals surface area (Å²) in [4.78, 5) is 13.3. The summed E-state index contributed by atoms with van der Waals surface area (Å²) in [5.41, 5.74) is 2.98. The number of hydrogen-bond donors (Lipinski definition) is 2. The van der Waals surface area contributed by atoms with Gasteiger partial charge in [0.05, 0.1) is 22.6 Å². The standard InChI is InChI=1S/C22H19Cl2N3OS/c1-3-29-22-17(12-25)20(16-6-4-5-7-18(16)24)19(13(2)26-22)21(28)27-15-10-8-14(23)9-11-15/h4-11,20,26H,3H2,1-2H3,(H,27,28). The number of thioether (sulfide) groups is 1. The summed E-state index contributed by atoms with van der Waals surface area (Å²) in [5.74, 6) is -0.0608. The molecule has 7 heteroatoms. The minimum Gasteiger partial charge on any atom is -0.353 e. The van der Waals surface area contributed by atoms with E-state index in [0.717, 1.165) is 16.3 Å². The molecule has 0 bridgehead atoms. The zero-order valence-corrected chi connectivity index (χ0v) is 18.3. The average molecular weight is 444 g/mol. The Bertz CT molecular complexity index is 1040. The van der Waals surface area contributed by atoms with Crippen LogP contribution in [0.3, 0.4) is 0 Å². The van der Waals surface area contributed by atoms with E-state index in [0.29, 0.717) is 32.6 Å². The molecule has 1 aliphatic rings. The third-order valence-corrected chi connectivity index (χ3v) is 5.99. The molecular formula is C22H19Cl2N3OS. The van der Waals surface area contributed by atoms with Gasteiger partial charge in [-0.05, 0) is 48.6 Å². The van der Waals surface area contributed by atoms with Crippen molar-refractivity contribution in [3.63, 3.8) is 0 Å². The fourth-order valence-electron chi connectivity index (χ4n) is 3.22. The number of benzene rings is 2. The van der Waals surface area contributed by atoms with E-state index in [1.165, 1.54) is 11.8 Å². The maximum absolute atomic E-state index is 13.3. The zero-order chi connectivity index (χ0) is 21.0. The van der Waals surface area contributed by atoms with E-state index in [4.69, 9.17) is 23.2 Å². The van der Waals surface area contributed by atoms with Gasteiger partial charge < -0.3 is 10.6 Å². The summed E-state index contributed by atoms with van der Waals surface area (Å²) in [7, 11) is 0. The summed E-state index contributed by atoms with van der Waals surface area (Å²) in [6.07, 6.45) is 0. The van der Waals surface area contributed by atoms with Crippen LogP contribution in [0.15, 0.2) is 70.4 Å². The van der Waals surface area contributed by atoms with Gasteiger partial charge >= 0.3 is 0 Å². The molecule has 3 rings (SSSR count). The second-order valence-corrected chi connectivity index (χ2v) is 8.48. The normalized spacial score (nSPS) is 16.3. The fourth-order valence-corrected chi connectivity index (χ4v) is 4.43. The van der Waals surface area contributed by atoms with Gasteiger partial charge in [-0.1, -0.05) is 48.3 Å². The van der Waals surface area contributed by atoms with E-state index >= 15 is 0 Å². The van der Waals surface area contributed by atoms with Crippen LogP contribution in [0.25, 0.3) is 0 Å². The van der Waals surface area contributed by atoms with E-state index in [9.17, 15) is 10.1 Å². The quantitative estimate of drug-likeness (QED) is 0.587. The molecule has 1 atom stereocenters. The number of halogens is 2. The lowest BCUT2D eigenvalue weighted by Crippen LogP contribution is -2.30. The molecule has 0 fully saturated rings. The lowest BCUT2D eigenvalue weighted by Gasteiger charge is -2.30. The summed E-state index contributed by atoms with van der Waals surface area (Å²) >= 11 is 13.9. The number of nitriles is 1. The lowest BCUT2D eigenvalue weighted by molar-refractivity contribution is -0.113.